The summed E-state index contributed by atoms with van der Waals surface area (Å²) in [5.41, 5.74) is 0. The first-order chi connectivity index (χ1) is 9.10. The fourth-order valence-corrected chi connectivity index (χ4v) is 1.35. The predicted molar refractivity (Wildman–Crippen MR) is 80.5 cm³/mol. The Balaban J connectivity index is 3.75. The highest BCUT2D eigenvalue weighted by Gasteiger charge is 2.01. The van der Waals surface area contributed by atoms with Crippen molar-refractivity contribution in [1.82, 2.24) is 10.6 Å². The van der Waals surface area contributed by atoms with Gasteiger partial charge in [0.2, 0.25) is 0 Å². The normalized spacial score (nSPS) is 13.7. The molecule has 19 heavy (non-hydrogen) atoms. The third kappa shape index (κ3) is 12.0. The number of ether oxygens (including phenoxy) is 1. The highest BCUT2D eigenvalue weighted by Crippen LogP contribution is 1.94. The van der Waals surface area contributed by atoms with Crippen LogP contribution in [-0.2, 0) is 4.74 Å². The van der Waals surface area contributed by atoms with Gasteiger partial charge in [0, 0.05) is 39.5 Å². The summed E-state index contributed by atoms with van der Waals surface area (Å²) in [7, 11) is 0. The van der Waals surface area contributed by atoms with E-state index in [0.29, 0.717) is 12.5 Å². The topological polar surface area (TPSA) is 65.9 Å². The average Bonchev–Trinajstić information content (AvgIpc) is 2.38. The van der Waals surface area contributed by atoms with Crippen LogP contribution in [0.25, 0.3) is 0 Å². The van der Waals surface area contributed by atoms with Gasteiger partial charge < -0.3 is 20.5 Å². The summed E-state index contributed by atoms with van der Waals surface area (Å²) in [5.74, 6) is 1.60. The number of aliphatic hydroxyl groups excluding tert-OH is 1. The lowest BCUT2D eigenvalue weighted by Crippen LogP contribution is -2.38. The molecule has 3 N–H and O–H groups in total. The number of guanidine groups is 1. The SMILES string of the molecule is CCNC(=NCC(C)CO)NCCCOCC(C)C. The first kappa shape index (κ1) is 18.2. The molecule has 0 bridgehead atoms. The second-order valence-electron chi connectivity index (χ2n) is 5.26. The van der Waals surface area contributed by atoms with Crippen molar-refractivity contribution in [2.24, 2.45) is 16.8 Å². The zero-order valence-corrected chi connectivity index (χ0v) is 12.9. The third-order valence-corrected chi connectivity index (χ3v) is 2.43. The maximum atomic E-state index is 8.97. The number of nitrogens with zero attached hydrogens (tertiary/aromatic N) is 1. The van der Waals surface area contributed by atoms with Gasteiger partial charge in [-0.1, -0.05) is 20.8 Å². The molecular weight excluding hydrogens is 242 g/mol. The molecular formula is C14H31N3O2. The summed E-state index contributed by atoms with van der Waals surface area (Å²) < 4.78 is 5.52. The van der Waals surface area contributed by atoms with E-state index in [-0.39, 0.29) is 12.5 Å². The van der Waals surface area contributed by atoms with Crippen molar-refractivity contribution in [2.45, 2.75) is 34.1 Å². The smallest absolute Gasteiger partial charge is 0.191 e. The van der Waals surface area contributed by atoms with Gasteiger partial charge in [-0.05, 0) is 25.2 Å². The molecule has 0 spiro atoms. The Bertz CT molecular complexity index is 233. The maximum absolute atomic E-state index is 8.97. The Labute approximate surface area is 117 Å². The van der Waals surface area contributed by atoms with E-state index >= 15 is 0 Å². The lowest BCUT2D eigenvalue weighted by Gasteiger charge is -2.13. The van der Waals surface area contributed by atoms with Gasteiger partial charge in [-0.25, -0.2) is 0 Å². The average molecular weight is 273 g/mol. The monoisotopic (exact) mass is 273 g/mol. The van der Waals surface area contributed by atoms with Crippen molar-refractivity contribution in [2.75, 3.05) is 39.5 Å². The summed E-state index contributed by atoms with van der Waals surface area (Å²) >= 11 is 0. The molecule has 0 rings (SSSR count). The van der Waals surface area contributed by atoms with Crippen molar-refractivity contribution >= 4 is 5.96 Å². The number of hydrogen-bond acceptors (Lipinski definition) is 3. The molecule has 5 nitrogen and oxygen atoms in total. The van der Waals surface area contributed by atoms with Crippen molar-refractivity contribution in [3.05, 3.63) is 0 Å². The quantitative estimate of drug-likeness (QED) is 0.318. The number of hydrogen-bond donors (Lipinski definition) is 3. The second kappa shape index (κ2) is 12.2. The van der Waals surface area contributed by atoms with Gasteiger partial charge in [-0.2, -0.15) is 0 Å². The second-order valence-corrected chi connectivity index (χ2v) is 5.26. The lowest BCUT2D eigenvalue weighted by molar-refractivity contribution is 0.108. The molecule has 0 saturated heterocycles. The summed E-state index contributed by atoms with van der Waals surface area (Å²) in [6.45, 7) is 12.4. The molecule has 0 radical (unpaired) electrons. The minimum absolute atomic E-state index is 0.173. The van der Waals surface area contributed by atoms with E-state index < -0.39 is 0 Å². The van der Waals surface area contributed by atoms with E-state index in [2.05, 4.69) is 29.5 Å². The molecule has 0 aromatic rings. The number of rotatable bonds is 10. The van der Waals surface area contributed by atoms with Crippen LogP contribution >= 0.6 is 0 Å². The van der Waals surface area contributed by atoms with Crippen LogP contribution in [0.2, 0.25) is 0 Å². The molecule has 0 aliphatic rings. The maximum Gasteiger partial charge on any atom is 0.191 e. The largest absolute Gasteiger partial charge is 0.396 e. The summed E-state index contributed by atoms with van der Waals surface area (Å²) in [5, 5.41) is 15.4. The highest BCUT2D eigenvalue weighted by molar-refractivity contribution is 5.79. The predicted octanol–water partition coefficient (Wildman–Crippen LogP) is 1.23. The van der Waals surface area contributed by atoms with Gasteiger partial charge in [0.15, 0.2) is 5.96 Å². The Morgan fingerprint density at radius 2 is 2.00 bits per heavy atom. The fraction of sp³-hybridized carbons (Fsp3) is 0.929. The van der Waals surface area contributed by atoms with Crippen LogP contribution in [0.1, 0.15) is 34.1 Å². The molecule has 0 saturated carbocycles. The minimum Gasteiger partial charge on any atom is -0.396 e. The molecule has 0 fully saturated rings. The Hall–Kier alpha value is -0.810. The zero-order chi connectivity index (χ0) is 14.5. The van der Waals surface area contributed by atoms with Gasteiger partial charge in [-0.15, -0.1) is 0 Å². The standard InChI is InChI=1S/C14H31N3O2/c1-5-15-14(17-9-13(4)10-18)16-7-6-8-19-11-12(2)3/h12-13,18H,5-11H2,1-4H3,(H2,15,16,17). The Morgan fingerprint density at radius 3 is 2.58 bits per heavy atom. The molecule has 0 aliphatic carbocycles. The number of aliphatic hydroxyl groups is 1. The minimum atomic E-state index is 0.173. The molecule has 1 atom stereocenters. The van der Waals surface area contributed by atoms with E-state index in [9.17, 15) is 0 Å². The van der Waals surface area contributed by atoms with Crippen molar-refractivity contribution in [3.63, 3.8) is 0 Å². The van der Waals surface area contributed by atoms with Crippen LogP contribution in [0.15, 0.2) is 4.99 Å². The van der Waals surface area contributed by atoms with E-state index in [1.165, 1.54) is 0 Å². The van der Waals surface area contributed by atoms with Gasteiger partial charge in [0.25, 0.3) is 0 Å². The molecule has 0 aromatic heterocycles. The molecule has 114 valence electrons. The fourth-order valence-electron chi connectivity index (χ4n) is 1.35. The van der Waals surface area contributed by atoms with Crippen LogP contribution in [0.3, 0.4) is 0 Å². The third-order valence-electron chi connectivity index (χ3n) is 2.43. The highest BCUT2D eigenvalue weighted by atomic mass is 16.5. The van der Waals surface area contributed by atoms with Gasteiger partial charge in [0.05, 0.1) is 0 Å². The molecule has 0 aromatic carbocycles. The molecule has 0 heterocycles. The summed E-state index contributed by atoms with van der Waals surface area (Å²) in [6, 6.07) is 0. The van der Waals surface area contributed by atoms with Gasteiger partial charge >= 0.3 is 0 Å². The Kier molecular flexibility index (Phi) is 11.7. The molecule has 0 aliphatic heterocycles. The van der Waals surface area contributed by atoms with E-state index in [1.807, 2.05) is 13.8 Å². The van der Waals surface area contributed by atoms with Crippen LogP contribution in [-0.4, -0.2) is 50.5 Å². The van der Waals surface area contributed by atoms with Crippen molar-refractivity contribution < 1.29 is 9.84 Å². The van der Waals surface area contributed by atoms with Crippen LogP contribution in [0.5, 0.6) is 0 Å². The van der Waals surface area contributed by atoms with Crippen LogP contribution in [0.4, 0.5) is 0 Å². The Morgan fingerprint density at radius 1 is 1.26 bits per heavy atom. The summed E-state index contributed by atoms with van der Waals surface area (Å²) in [4.78, 5) is 4.42. The molecule has 1 unspecified atom stereocenters. The van der Waals surface area contributed by atoms with Crippen molar-refractivity contribution in [1.29, 1.82) is 0 Å². The van der Waals surface area contributed by atoms with E-state index in [0.717, 1.165) is 38.7 Å². The molecule has 0 amide bonds. The van der Waals surface area contributed by atoms with E-state index in [4.69, 9.17) is 9.84 Å². The van der Waals surface area contributed by atoms with E-state index in [1.54, 1.807) is 0 Å². The van der Waals surface area contributed by atoms with Crippen LogP contribution in [0, 0.1) is 11.8 Å². The summed E-state index contributed by atoms with van der Waals surface area (Å²) in [6.07, 6.45) is 0.965. The van der Waals surface area contributed by atoms with Gasteiger partial charge in [0.1, 0.15) is 0 Å². The lowest BCUT2D eigenvalue weighted by atomic mass is 10.2. The number of aliphatic imine (C=N–C) groups is 1. The van der Waals surface area contributed by atoms with Crippen molar-refractivity contribution in [3.8, 4) is 0 Å². The number of nitrogens with one attached hydrogen (secondary N) is 2. The molecule has 5 heteroatoms. The van der Waals surface area contributed by atoms with Crippen LogP contribution < -0.4 is 10.6 Å². The first-order valence-corrected chi connectivity index (χ1v) is 7.30. The van der Waals surface area contributed by atoms with Gasteiger partial charge in [-0.3, -0.25) is 4.99 Å². The first-order valence-electron chi connectivity index (χ1n) is 7.30. The zero-order valence-electron chi connectivity index (χ0n) is 12.9.